The zero-order valence-electron chi connectivity index (χ0n) is 19.0. The standard InChI is InChI=1S/C25H33FN2O3S/c1-3-28(32(2,29)30)22-11-16-31-25(18-22)12-14-27(15-13-25)19-20-7-6-8-21(17-20)23-9-4-5-10-24(23)26/h4-10,17,22H,3,11-16,18-19H2,1-2H3/t22-/m0/s1. The van der Waals surface area contributed by atoms with Gasteiger partial charge in [-0.05, 0) is 48.9 Å². The van der Waals surface area contributed by atoms with Gasteiger partial charge in [0, 0.05) is 44.4 Å². The van der Waals surface area contributed by atoms with E-state index in [1.54, 1.807) is 10.4 Å². The summed E-state index contributed by atoms with van der Waals surface area (Å²) in [5.41, 5.74) is 2.46. The van der Waals surface area contributed by atoms with Crippen LogP contribution in [0.1, 0.15) is 38.2 Å². The first-order valence-electron chi connectivity index (χ1n) is 11.5. The molecule has 0 radical (unpaired) electrons. The Bertz CT molecular complexity index is 1030. The lowest BCUT2D eigenvalue weighted by atomic mass is 9.82. The summed E-state index contributed by atoms with van der Waals surface area (Å²) in [6.07, 6.45) is 4.63. The largest absolute Gasteiger partial charge is 0.375 e. The molecule has 1 atom stereocenters. The van der Waals surface area contributed by atoms with Crippen molar-refractivity contribution >= 4 is 10.0 Å². The van der Waals surface area contributed by atoms with E-state index in [-0.39, 0.29) is 17.5 Å². The van der Waals surface area contributed by atoms with E-state index in [4.69, 9.17) is 4.74 Å². The number of likely N-dealkylation sites (tertiary alicyclic amines) is 1. The van der Waals surface area contributed by atoms with Crippen molar-refractivity contribution in [2.24, 2.45) is 0 Å². The Kier molecular flexibility index (Phi) is 7.00. The van der Waals surface area contributed by atoms with Crippen LogP contribution in [0.15, 0.2) is 48.5 Å². The fraction of sp³-hybridized carbons (Fsp3) is 0.520. The third kappa shape index (κ3) is 5.22. The average Bonchev–Trinajstić information content (AvgIpc) is 2.76. The first kappa shape index (κ1) is 23.4. The first-order chi connectivity index (χ1) is 15.3. The quantitative estimate of drug-likeness (QED) is 0.645. The van der Waals surface area contributed by atoms with E-state index in [1.807, 2.05) is 31.2 Å². The van der Waals surface area contributed by atoms with Crippen molar-refractivity contribution in [1.82, 2.24) is 9.21 Å². The number of benzene rings is 2. The van der Waals surface area contributed by atoms with Crippen LogP contribution in [0, 0.1) is 5.82 Å². The molecule has 0 aromatic heterocycles. The molecule has 2 aromatic carbocycles. The maximum atomic E-state index is 14.2. The third-order valence-corrected chi connectivity index (χ3v) is 8.31. The van der Waals surface area contributed by atoms with Gasteiger partial charge in [-0.3, -0.25) is 4.90 Å². The fourth-order valence-electron chi connectivity index (χ4n) is 5.27. The van der Waals surface area contributed by atoms with Crippen molar-refractivity contribution in [2.45, 2.75) is 50.8 Å². The van der Waals surface area contributed by atoms with E-state index >= 15 is 0 Å². The molecular formula is C25H33FN2O3S. The molecule has 7 heteroatoms. The van der Waals surface area contributed by atoms with Crippen molar-refractivity contribution in [2.75, 3.05) is 32.5 Å². The van der Waals surface area contributed by atoms with Gasteiger partial charge in [0.15, 0.2) is 0 Å². The van der Waals surface area contributed by atoms with E-state index in [1.165, 1.54) is 17.9 Å². The number of hydrogen-bond donors (Lipinski definition) is 0. The lowest BCUT2D eigenvalue weighted by molar-refractivity contribution is -0.127. The van der Waals surface area contributed by atoms with E-state index in [2.05, 4.69) is 17.0 Å². The Labute approximate surface area is 191 Å². The van der Waals surface area contributed by atoms with Gasteiger partial charge in [-0.1, -0.05) is 43.3 Å². The number of sulfonamides is 1. The highest BCUT2D eigenvalue weighted by Crippen LogP contribution is 2.37. The molecule has 0 bridgehead atoms. The molecule has 5 nitrogen and oxygen atoms in total. The van der Waals surface area contributed by atoms with Gasteiger partial charge in [0.1, 0.15) is 5.82 Å². The first-order valence-corrected chi connectivity index (χ1v) is 13.3. The average molecular weight is 461 g/mol. The van der Waals surface area contributed by atoms with Crippen molar-refractivity contribution in [3.8, 4) is 11.1 Å². The summed E-state index contributed by atoms with van der Waals surface area (Å²) in [4.78, 5) is 2.41. The van der Waals surface area contributed by atoms with Gasteiger partial charge in [-0.2, -0.15) is 4.31 Å². The topological polar surface area (TPSA) is 49.9 Å². The van der Waals surface area contributed by atoms with Crippen molar-refractivity contribution in [3.63, 3.8) is 0 Å². The Morgan fingerprint density at radius 3 is 2.59 bits per heavy atom. The van der Waals surface area contributed by atoms with E-state index < -0.39 is 10.0 Å². The second kappa shape index (κ2) is 9.59. The van der Waals surface area contributed by atoms with E-state index in [9.17, 15) is 12.8 Å². The molecule has 0 saturated carbocycles. The molecule has 2 aliphatic rings. The molecule has 2 aromatic rings. The number of ether oxygens (including phenoxy) is 1. The van der Waals surface area contributed by atoms with E-state index in [0.29, 0.717) is 18.7 Å². The summed E-state index contributed by atoms with van der Waals surface area (Å²) >= 11 is 0. The number of hydrogen-bond acceptors (Lipinski definition) is 4. The zero-order chi connectivity index (χ0) is 22.8. The number of rotatable bonds is 6. The Morgan fingerprint density at radius 2 is 1.91 bits per heavy atom. The minimum absolute atomic E-state index is 0.0211. The molecule has 0 amide bonds. The van der Waals surface area contributed by atoms with Gasteiger partial charge in [-0.15, -0.1) is 0 Å². The molecule has 32 heavy (non-hydrogen) atoms. The predicted molar refractivity (Wildman–Crippen MR) is 125 cm³/mol. The second-order valence-corrected chi connectivity index (χ2v) is 11.0. The van der Waals surface area contributed by atoms with Gasteiger partial charge < -0.3 is 4.74 Å². The second-order valence-electron chi connectivity index (χ2n) is 9.10. The van der Waals surface area contributed by atoms with Crippen LogP contribution in [0.25, 0.3) is 11.1 Å². The molecule has 0 N–H and O–H groups in total. The van der Waals surface area contributed by atoms with Gasteiger partial charge in [-0.25, -0.2) is 12.8 Å². The predicted octanol–water partition coefficient (Wildman–Crippen LogP) is 4.29. The summed E-state index contributed by atoms with van der Waals surface area (Å²) in [5, 5.41) is 0. The highest BCUT2D eigenvalue weighted by Gasteiger charge is 2.43. The normalized spacial score (nSPS) is 21.8. The molecule has 1 spiro atoms. The van der Waals surface area contributed by atoms with Crippen molar-refractivity contribution in [1.29, 1.82) is 0 Å². The smallest absolute Gasteiger partial charge is 0.211 e. The summed E-state index contributed by atoms with van der Waals surface area (Å²) in [6, 6.07) is 15.0. The highest BCUT2D eigenvalue weighted by atomic mass is 32.2. The SMILES string of the molecule is CCN([C@H]1CCOC2(CCN(Cc3cccc(-c4ccccc4F)c3)CC2)C1)S(C)(=O)=O. The summed E-state index contributed by atoms with van der Waals surface area (Å²) in [5.74, 6) is -0.205. The highest BCUT2D eigenvalue weighted by molar-refractivity contribution is 7.88. The summed E-state index contributed by atoms with van der Waals surface area (Å²) in [7, 11) is -3.21. The van der Waals surface area contributed by atoms with Crippen molar-refractivity contribution < 1.29 is 17.5 Å². The van der Waals surface area contributed by atoms with Crippen LogP contribution >= 0.6 is 0 Å². The Balaban J connectivity index is 1.39. The number of nitrogens with zero attached hydrogens (tertiary/aromatic N) is 2. The van der Waals surface area contributed by atoms with Gasteiger partial charge in [0.05, 0.1) is 11.9 Å². The van der Waals surface area contributed by atoms with Gasteiger partial charge in [0.2, 0.25) is 10.0 Å². The van der Waals surface area contributed by atoms with Crippen LogP contribution in [0.2, 0.25) is 0 Å². The number of halogens is 1. The molecule has 2 aliphatic heterocycles. The van der Waals surface area contributed by atoms with Crippen LogP contribution in [-0.4, -0.2) is 61.8 Å². The number of piperidine rings is 1. The summed E-state index contributed by atoms with van der Waals surface area (Å²) < 4.78 is 46.5. The van der Waals surface area contributed by atoms with E-state index in [0.717, 1.165) is 50.9 Å². The van der Waals surface area contributed by atoms with Crippen molar-refractivity contribution in [3.05, 3.63) is 59.9 Å². The maximum Gasteiger partial charge on any atom is 0.211 e. The van der Waals surface area contributed by atoms with Crippen LogP contribution in [0.5, 0.6) is 0 Å². The van der Waals surface area contributed by atoms with Crippen LogP contribution in [-0.2, 0) is 21.3 Å². The summed E-state index contributed by atoms with van der Waals surface area (Å²) in [6.45, 7) is 5.64. The molecule has 0 unspecified atom stereocenters. The van der Waals surface area contributed by atoms with Gasteiger partial charge >= 0.3 is 0 Å². The molecule has 174 valence electrons. The van der Waals surface area contributed by atoms with Crippen LogP contribution in [0.3, 0.4) is 0 Å². The Morgan fingerprint density at radius 1 is 1.16 bits per heavy atom. The zero-order valence-corrected chi connectivity index (χ0v) is 19.8. The monoisotopic (exact) mass is 460 g/mol. The third-order valence-electron chi connectivity index (χ3n) is 6.90. The minimum Gasteiger partial charge on any atom is -0.375 e. The maximum absolute atomic E-state index is 14.2. The Hall–Kier alpha value is -1.80. The lowest BCUT2D eigenvalue weighted by Gasteiger charge is -2.48. The van der Waals surface area contributed by atoms with Gasteiger partial charge in [0.25, 0.3) is 0 Å². The lowest BCUT2D eigenvalue weighted by Crippen LogP contribution is -2.54. The molecular weight excluding hydrogens is 427 g/mol. The molecule has 2 heterocycles. The molecule has 4 rings (SSSR count). The fourth-order valence-corrected chi connectivity index (χ4v) is 6.46. The van der Waals surface area contributed by atoms with Crippen LogP contribution < -0.4 is 0 Å². The molecule has 0 aliphatic carbocycles. The molecule has 2 fully saturated rings. The van der Waals surface area contributed by atoms with Crippen LogP contribution in [0.4, 0.5) is 4.39 Å². The minimum atomic E-state index is -3.21. The molecule has 2 saturated heterocycles.